The van der Waals surface area contributed by atoms with Crippen molar-refractivity contribution < 1.29 is 34.3 Å². The second kappa shape index (κ2) is 9.06. The number of halogens is 1. The van der Waals surface area contributed by atoms with Crippen molar-refractivity contribution in [1.82, 2.24) is 4.98 Å². The van der Waals surface area contributed by atoms with Crippen molar-refractivity contribution in [3.05, 3.63) is 53.6 Å². The van der Waals surface area contributed by atoms with E-state index in [0.29, 0.717) is 22.6 Å². The first-order valence-corrected chi connectivity index (χ1v) is 9.61. The van der Waals surface area contributed by atoms with Crippen LogP contribution in [0, 0.1) is 5.82 Å². The van der Waals surface area contributed by atoms with Crippen LogP contribution in [0.25, 0.3) is 0 Å². The van der Waals surface area contributed by atoms with E-state index >= 15 is 0 Å². The van der Waals surface area contributed by atoms with Crippen molar-refractivity contribution in [2.45, 2.75) is 35.4 Å². The van der Waals surface area contributed by atoms with E-state index in [0.717, 1.165) is 11.8 Å². The second-order valence-corrected chi connectivity index (χ2v) is 7.77. The van der Waals surface area contributed by atoms with E-state index in [4.69, 9.17) is 9.47 Å². The number of benzene rings is 1. The Morgan fingerprint density at radius 3 is 2.57 bits per heavy atom. The van der Waals surface area contributed by atoms with E-state index in [-0.39, 0.29) is 13.0 Å². The molecule has 2 heterocycles. The smallest absolute Gasteiger partial charge is 0.173 e. The lowest BCUT2D eigenvalue weighted by Gasteiger charge is -2.39. The second-order valence-electron chi connectivity index (χ2n) is 6.43. The predicted molar refractivity (Wildman–Crippen MR) is 101 cm³/mol. The summed E-state index contributed by atoms with van der Waals surface area (Å²) in [5, 5.41) is 38.8. The molecule has 1 aromatic carbocycles. The summed E-state index contributed by atoms with van der Waals surface area (Å²) < 4.78 is 25.1. The molecule has 0 radical (unpaired) electrons. The summed E-state index contributed by atoms with van der Waals surface area (Å²) >= 11 is 1.02. The molecule has 7 nitrogen and oxygen atoms in total. The van der Waals surface area contributed by atoms with Gasteiger partial charge >= 0.3 is 0 Å². The third-order valence-corrected chi connectivity index (χ3v) is 6.02. The Bertz CT molecular complexity index is 808. The number of methoxy groups -OCH3 is 1. The van der Waals surface area contributed by atoms with Gasteiger partial charge in [-0.25, -0.2) is 4.39 Å². The van der Waals surface area contributed by atoms with Gasteiger partial charge in [-0.1, -0.05) is 6.07 Å². The zero-order valence-corrected chi connectivity index (χ0v) is 15.9. The fraction of sp³-hybridized carbons (Fsp3) is 0.421. The van der Waals surface area contributed by atoms with E-state index in [1.165, 1.54) is 19.4 Å². The monoisotopic (exact) mass is 411 g/mol. The molecule has 1 aromatic heterocycles. The number of hydrogen-bond acceptors (Lipinski definition) is 8. The maximum Gasteiger partial charge on any atom is 0.173 e. The lowest BCUT2D eigenvalue weighted by molar-refractivity contribution is -0.0910. The first kappa shape index (κ1) is 20.8. The summed E-state index contributed by atoms with van der Waals surface area (Å²) in [6.45, 7) is -0.383. The zero-order valence-electron chi connectivity index (χ0n) is 15.1. The van der Waals surface area contributed by atoms with Gasteiger partial charge in [0.05, 0.1) is 31.3 Å². The van der Waals surface area contributed by atoms with Gasteiger partial charge in [0.25, 0.3) is 0 Å². The summed E-state index contributed by atoms with van der Waals surface area (Å²) in [6.07, 6.45) is -0.892. The standard InChI is InChI=1S/C19H22FNO6S/c1-26-12-3-2-10(13(20)7-12)6-11-4-5-21-8-14(11)27-19-18(25)17(24)16(23)15(9-22)28-19/h2-5,7-8,15-19,22-25H,6,9H2,1H3/t15-,16-,17+,18-,19-/m1/s1. The molecule has 0 aliphatic carbocycles. The van der Waals surface area contributed by atoms with Crippen LogP contribution in [0.3, 0.4) is 0 Å². The SMILES string of the molecule is COc1ccc(Cc2ccncc2O[C@@H]2S[C@H](CO)[C@@H](O)[C@H](O)[C@H]2O)c(F)c1. The highest BCUT2D eigenvalue weighted by Gasteiger charge is 2.44. The topological polar surface area (TPSA) is 112 Å². The normalized spacial score (nSPS) is 27.4. The molecule has 5 atom stereocenters. The van der Waals surface area contributed by atoms with Crippen LogP contribution in [0.1, 0.15) is 11.1 Å². The number of rotatable bonds is 6. The number of hydrogen-bond donors (Lipinski definition) is 4. The number of pyridine rings is 1. The Morgan fingerprint density at radius 1 is 1.11 bits per heavy atom. The first-order chi connectivity index (χ1) is 13.4. The summed E-state index contributed by atoms with van der Waals surface area (Å²) in [4.78, 5) is 4.01. The van der Waals surface area contributed by atoms with Gasteiger partial charge in [0.2, 0.25) is 0 Å². The molecule has 28 heavy (non-hydrogen) atoms. The summed E-state index contributed by atoms with van der Waals surface area (Å²) in [5.74, 6) is 0.305. The maximum absolute atomic E-state index is 14.3. The van der Waals surface area contributed by atoms with Gasteiger partial charge in [-0.05, 0) is 17.7 Å². The molecule has 1 saturated heterocycles. The molecule has 1 aliphatic rings. The fourth-order valence-corrected chi connectivity index (χ4v) is 4.19. The van der Waals surface area contributed by atoms with Crippen molar-refractivity contribution >= 4 is 11.8 Å². The number of aliphatic hydroxyl groups excluding tert-OH is 4. The zero-order chi connectivity index (χ0) is 20.3. The van der Waals surface area contributed by atoms with Crippen molar-refractivity contribution in [3.63, 3.8) is 0 Å². The predicted octanol–water partition coefficient (Wildman–Crippen LogP) is 0.715. The Morgan fingerprint density at radius 2 is 1.89 bits per heavy atom. The van der Waals surface area contributed by atoms with Crippen molar-refractivity contribution in [2.24, 2.45) is 0 Å². The van der Waals surface area contributed by atoms with Crippen molar-refractivity contribution in [1.29, 1.82) is 0 Å². The highest BCUT2D eigenvalue weighted by atomic mass is 32.2. The molecular weight excluding hydrogens is 389 g/mol. The molecule has 0 unspecified atom stereocenters. The molecule has 4 N–H and O–H groups in total. The van der Waals surface area contributed by atoms with Crippen LogP contribution in [0.2, 0.25) is 0 Å². The minimum Gasteiger partial charge on any atom is -0.497 e. The lowest BCUT2D eigenvalue weighted by atomic mass is 10.0. The van der Waals surface area contributed by atoms with Gasteiger partial charge in [-0.2, -0.15) is 0 Å². The molecule has 1 fully saturated rings. The van der Waals surface area contributed by atoms with E-state index < -0.39 is 34.8 Å². The maximum atomic E-state index is 14.3. The van der Waals surface area contributed by atoms with Gasteiger partial charge in [0, 0.05) is 24.2 Å². The third-order valence-electron chi connectivity index (χ3n) is 4.60. The molecule has 9 heteroatoms. The molecule has 0 saturated carbocycles. The molecule has 3 rings (SSSR count). The highest BCUT2D eigenvalue weighted by Crippen LogP contribution is 2.35. The highest BCUT2D eigenvalue weighted by molar-refractivity contribution is 8.00. The average Bonchev–Trinajstić information content (AvgIpc) is 2.71. The van der Waals surface area contributed by atoms with Crippen LogP contribution in [-0.4, -0.2) is 68.1 Å². The molecular formula is C19H22FNO6S. The van der Waals surface area contributed by atoms with Crippen molar-refractivity contribution in [3.8, 4) is 11.5 Å². The largest absolute Gasteiger partial charge is 0.497 e. The Labute approximate surface area is 165 Å². The number of thioether (sulfide) groups is 1. The first-order valence-electron chi connectivity index (χ1n) is 8.67. The van der Waals surface area contributed by atoms with Gasteiger partial charge in [-0.3, -0.25) is 4.98 Å². The number of aromatic nitrogens is 1. The third kappa shape index (κ3) is 4.39. The minimum atomic E-state index is -1.46. The lowest BCUT2D eigenvalue weighted by Crippen LogP contribution is -2.55. The van der Waals surface area contributed by atoms with Gasteiger partial charge in [-0.15, -0.1) is 11.8 Å². The molecule has 0 spiro atoms. The summed E-state index contributed by atoms with van der Waals surface area (Å²) in [6, 6.07) is 6.24. The minimum absolute atomic E-state index is 0.218. The van der Waals surface area contributed by atoms with Crippen LogP contribution in [0.15, 0.2) is 36.7 Å². The Hall–Kier alpha value is -1.91. The van der Waals surface area contributed by atoms with Crippen LogP contribution in [0.4, 0.5) is 4.39 Å². The quantitative estimate of drug-likeness (QED) is 0.550. The van der Waals surface area contributed by atoms with Gasteiger partial charge in [0.15, 0.2) is 5.44 Å². The van der Waals surface area contributed by atoms with E-state index in [1.54, 1.807) is 24.4 Å². The number of aliphatic hydroxyl groups is 4. The average molecular weight is 411 g/mol. The summed E-state index contributed by atoms with van der Waals surface area (Å²) in [5.41, 5.74) is 0.129. The molecule has 2 aromatic rings. The van der Waals surface area contributed by atoms with Crippen LogP contribution in [-0.2, 0) is 6.42 Å². The van der Waals surface area contributed by atoms with Gasteiger partial charge < -0.3 is 29.9 Å². The van der Waals surface area contributed by atoms with Gasteiger partial charge in [0.1, 0.15) is 29.5 Å². The molecule has 1 aliphatic heterocycles. The van der Waals surface area contributed by atoms with Crippen LogP contribution >= 0.6 is 11.8 Å². The summed E-state index contributed by atoms with van der Waals surface area (Å²) in [7, 11) is 1.46. The van der Waals surface area contributed by atoms with Crippen LogP contribution < -0.4 is 9.47 Å². The van der Waals surface area contributed by atoms with E-state index in [9.17, 15) is 24.8 Å². The fourth-order valence-electron chi connectivity index (χ4n) is 2.95. The Balaban J connectivity index is 1.81. The van der Waals surface area contributed by atoms with E-state index in [2.05, 4.69) is 4.98 Å². The number of ether oxygens (including phenoxy) is 2. The van der Waals surface area contributed by atoms with Crippen LogP contribution in [0.5, 0.6) is 11.5 Å². The Kier molecular flexibility index (Phi) is 6.73. The van der Waals surface area contributed by atoms with E-state index in [1.807, 2.05) is 0 Å². The molecule has 0 amide bonds. The molecule has 0 bridgehead atoms. The van der Waals surface area contributed by atoms with Crippen molar-refractivity contribution in [2.75, 3.05) is 13.7 Å². The number of nitrogens with zero attached hydrogens (tertiary/aromatic N) is 1. The molecule has 152 valence electrons.